The summed E-state index contributed by atoms with van der Waals surface area (Å²) in [5.41, 5.74) is 2.37. The maximum atomic E-state index is 11.9. The van der Waals surface area contributed by atoms with Gasteiger partial charge in [0.15, 0.2) is 6.61 Å². The monoisotopic (exact) mass is 340 g/mol. The van der Waals surface area contributed by atoms with E-state index in [-0.39, 0.29) is 19.1 Å². The predicted octanol–water partition coefficient (Wildman–Crippen LogP) is 1.58. The van der Waals surface area contributed by atoms with Crippen molar-refractivity contribution in [2.75, 3.05) is 13.2 Å². The molecule has 0 radical (unpaired) electrons. The van der Waals surface area contributed by atoms with Crippen molar-refractivity contribution in [2.45, 2.75) is 13.5 Å². The van der Waals surface area contributed by atoms with Gasteiger partial charge in [0.25, 0.3) is 11.8 Å². The van der Waals surface area contributed by atoms with Crippen molar-refractivity contribution < 1.29 is 19.1 Å². The molecule has 0 unspecified atom stereocenters. The number of aryl methyl sites for hydroxylation is 1. The molecule has 2 N–H and O–H groups in total. The second-order valence-corrected chi connectivity index (χ2v) is 5.48. The minimum atomic E-state index is -0.670. The third-order valence-corrected chi connectivity index (χ3v) is 3.37. The topological polar surface area (TPSA) is 84.5 Å². The van der Waals surface area contributed by atoms with Crippen molar-refractivity contribution in [3.63, 3.8) is 0 Å². The molecule has 0 heterocycles. The molecule has 25 heavy (non-hydrogen) atoms. The number of amides is 2. The molecule has 0 saturated carbocycles. The van der Waals surface area contributed by atoms with Crippen molar-refractivity contribution in [2.24, 2.45) is 0 Å². The summed E-state index contributed by atoms with van der Waals surface area (Å²) in [6.45, 7) is 1.56. The summed E-state index contributed by atoms with van der Waals surface area (Å²) < 4.78 is 4.84. The number of ether oxygens (including phenoxy) is 1. The normalized spacial score (nSPS) is 9.96. The van der Waals surface area contributed by atoms with Crippen molar-refractivity contribution in [3.05, 3.63) is 71.3 Å². The zero-order valence-electron chi connectivity index (χ0n) is 14.0. The van der Waals surface area contributed by atoms with Crippen LogP contribution in [0.4, 0.5) is 0 Å². The average Bonchev–Trinajstić information content (AvgIpc) is 2.63. The van der Waals surface area contributed by atoms with E-state index in [2.05, 4.69) is 10.6 Å². The molecule has 0 aromatic heterocycles. The highest BCUT2D eigenvalue weighted by molar-refractivity contribution is 5.96. The van der Waals surface area contributed by atoms with Gasteiger partial charge < -0.3 is 15.4 Å². The van der Waals surface area contributed by atoms with Crippen LogP contribution >= 0.6 is 0 Å². The van der Waals surface area contributed by atoms with E-state index in [4.69, 9.17) is 4.74 Å². The summed E-state index contributed by atoms with van der Waals surface area (Å²) in [4.78, 5) is 35.2. The molecule has 0 bridgehead atoms. The summed E-state index contributed by atoms with van der Waals surface area (Å²) in [5.74, 6) is -1.44. The van der Waals surface area contributed by atoms with Gasteiger partial charge in [-0.15, -0.1) is 0 Å². The molecule has 0 aliphatic rings. The van der Waals surface area contributed by atoms with Gasteiger partial charge in [-0.25, -0.2) is 0 Å². The van der Waals surface area contributed by atoms with Gasteiger partial charge in [-0.05, 0) is 24.6 Å². The summed E-state index contributed by atoms with van der Waals surface area (Å²) in [5, 5.41) is 5.11. The number of rotatable bonds is 7. The third-order valence-electron chi connectivity index (χ3n) is 3.37. The lowest BCUT2D eigenvalue weighted by Gasteiger charge is -2.08. The number of esters is 1. The van der Waals surface area contributed by atoms with Crippen LogP contribution in [0.1, 0.15) is 21.5 Å². The largest absolute Gasteiger partial charge is 0.454 e. The Labute approximate surface area is 146 Å². The van der Waals surface area contributed by atoms with Gasteiger partial charge in [0.1, 0.15) is 6.54 Å². The highest BCUT2D eigenvalue weighted by Crippen LogP contribution is 2.03. The van der Waals surface area contributed by atoms with Crippen LogP contribution in [0.2, 0.25) is 0 Å². The Hall–Kier alpha value is -3.15. The van der Waals surface area contributed by atoms with Crippen molar-refractivity contribution >= 4 is 17.8 Å². The van der Waals surface area contributed by atoms with Crippen LogP contribution in [0.25, 0.3) is 0 Å². The minimum Gasteiger partial charge on any atom is -0.454 e. The number of benzene rings is 2. The SMILES string of the molecule is Cc1cccc(C(=O)NCC(=O)OCC(=O)NCc2ccccc2)c1. The molecule has 130 valence electrons. The van der Waals surface area contributed by atoms with Gasteiger partial charge in [0, 0.05) is 12.1 Å². The maximum Gasteiger partial charge on any atom is 0.325 e. The van der Waals surface area contributed by atoms with Crippen molar-refractivity contribution in [1.29, 1.82) is 0 Å². The summed E-state index contributed by atoms with van der Waals surface area (Å²) >= 11 is 0. The molecule has 2 aromatic carbocycles. The quantitative estimate of drug-likeness (QED) is 0.750. The number of hydrogen-bond acceptors (Lipinski definition) is 4. The molecule has 0 aliphatic heterocycles. The van der Waals surface area contributed by atoms with Crippen molar-refractivity contribution in [3.8, 4) is 0 Å². The van der Waals surface area contributed by atoms with Gasteiger partial charge in [0.2, 0.25) is 0 Å². The molecule has 2 rings (SSSR count). The van der Waals surface area contributed by atoms with E-state index >= 15 is 0 Å². The van der Waals surface area contributed by atoms with Gasteiger partial charge in [-0.3, -0.25) is 14.4 Å². The third kappa shape index (κ3) is 6.47. The Kier molecular flexibility index (Phi) is 6.71. The highest BCUT2D eigenvalue weighted by Gasteiger charge is 2.10. The minimum absolute atomic E-state index is 0.293. The fourth-order valence-corrected chi connectivity index (χ4v) is 2.09. The number of carbonyl (C=O) groups excluding carboxylic acids is 3. The smallest absolute Gasteiger partial charge is 0.325 e. The summed E-state index contributed by atoms with van der Waals surface area (Å²) in [6.07, 6.45) is 0. The molecule has 0 saturated heterocycles. The van der Waals surface area contributed by atoms with Crippen LogP contribution in [0.15, 0.2) is 54.6 Å². The first-order chi connectivity index (χ1) is 12.0. The van der Waals surface area contributed by atoms with Gasteiger partial charge in [0.05, 0.1) is 0 Å². The standard InChI is InChI=1S/C19H20N2O4/c1-14-6-5-9-16(10-14)19(24)21-12-18(23)25-13-17(22)20-11-15-7-3-2-4-8-15/h2-10H,11-13H2,1H3,(H,20,22)(H,21,24). The molecule has 2 aromatic rings. The van der Waals surface area contributed by atoms with Crippen LogP contribution in [-0.4, -0.2) is 30.9 Å². The Balaban J connectivity index is 1.66. The first kappa shape index (κ1) is 18.2. The molecular formula is C19H20N2O4. The first-order valence-electron chi connectivity index (χ1n) is 7.85. The number of nitrogens with one attached hydrogen (secondary N) is 2. The molecule has 0 spiro atoms. The van der Waals surface area contributed by atoms with Crippen LogP contribution in [-0.2, 0) is 20.9 Å². The van der Waals surface area contributed by atoms with E-state index in [0.717, 1.165) is 11.1 Å². The lowest BCUT2D eigenvalue weighted by Crippen LogP contribution is -2.33. The van der Waals surface area contributed by atoms with E-state index < -0.39 is 11.9 Å². The van der Waals surface area contributed by atoms with E-state index in [1.54, 1.807) is 18.2 Å². The molecule has 6 heteroatoms. The molecule has 0 fully saturated rings. The highest BCUT2D eigenvalue weighted by atomic mass is 16.5. The summed E-state index contributed by atoms with van der Waals surface area (Å²) in [6, 6.07) is 16.4. The van der Waals surface area contributed by atoms with E-state index in [1.807, 2.05) is 43.3 Å². The fraction of sp³-hybridized carbons (Fsp3) is 0.211. The lowest BCUT2D eigenvalue weighted by atomic mass is 10.1. The van der Waals surface area contributed by atoms with Gasteiger partial charge in [-0.1, -0.05) is 48.0 Å². The van der Waals surface area contributed by atoms with Gasteiger partial charge >= 0.3 is 5.97 Å². The van der Waals surface area contributed by atoms with Crippen LogP contribution < -0.4 is 10.6 Å². The van der Waals surface area contributed by atoms with E-state index in [1.165, 1.54) is 0 Å². The zero-order valence-corrected chi connectivity index (χ0v) is 14.0. The molecule has 6 nitrogen and oxygen atoms in total. The second kappa shape index (κ2) is 9.22. The van der Waals surface area contributed by atoms with Crippen LogP contribution in [0, 0.1) is 6.92 Å². The Bertz CT molecular complexity index is 744. The number of hydrogen-bond donors (Lipinski definition) is 2. The molecule has 2 amide bonds. The fourth-order valence-electron chi connectivity index (χ4n) is 2.09. The number of carbonyl (C=O) groups is 3. The Morgan fingerprint density at radius 2 is 1.72 bits per heavy atom. The molecule has 0 aliphatic carbocycles. The van der Waals surface area contributed by atoms with Crippen molar-refractivity contribution in [1.82, 2.24) is 10.6 Å². The maximum absolute atomic E-state index is 11.9. The van der Waals surface area contributed by atoms with E-state index in [0.29, 0.717) is 12.1 Å². The zero-order chi connectivity index (χ0) is 18.1. The van der Waals surface area contributed by atoms with Crippen LogP contribution in [0.5, 0.6) is 0 Å². The lowest BCUT2D eigenvalue weighted by molar-refractivity contribution is -0.147. The second-order valence-electron chi connectivity index (χ2n) is 5.48. The molecular weight excluding hydrogens is 320 g/mol. The summed E-state index contributed by atoms with van der Waals surface area (Å²) in [7, 11) is 0. The Morgan fingerprint density at radius 1 is 0.960 bits per heavy atom. The van der Waals surface area contributed by atoms with Gasteiger partial charge in [-0.2, -0.15) is 0 Å². The predicted molar refractivity (Wildman–Crippen MR) is 92.8 cm³/mol. The van der Waals surface area contributed by atoms with Crippen LogP contribution in [0.3, 0.4) is 0 Å². The van der Waals surface area contributed by atoms with E-state index in [9.17, 15) is 14.4 Å². The average molecular weight is 340 g/mol. The first-order valence-corrected chi connectivity index (χ1v) is 7.85. The Morgan fingerprint density at radius 3 is 2.44 bits per heavy atom. The molecule has 0 atom stereocenters.